The number of nitrogens with one attached hydrogen (secondary N) is 1. The molecule has 1 fully saturated rings. The van der Waals surface area contributed by atoms with Crippen molar-refractivity contribution in [2.75, 3.05) is 0 Å². The van der Waals surface area contributed by atoms with E-state index in [2.05, 4.69) is 26.1 Å². The van der Waals surface area contributed by atoms with Crippen molar-refractivity contribution in [3.63, 3.8) is 0 Å². The molecule has 3 atom stereocenters. The van der Waals surface area contributed by atoms with Gasteiger partial charge in [-0.25, -0.2) is 13.2 Å². The zero-order valence-corrected chi connectivity index (χ0v) is 12.9. The molecule has 2 rings (SSSR count). The lowest BCUT2D eigenvalue weighted by Gasteiger charge is -2.38. The summed E-state index contributed by atoms with van der Waals surface area (Å²) in [6.07, 6.45) is 3.50. The zero-order valence-electron chi connectivity index (χ0n) is 12.9. The molecule has 1 aromatic rings. The summed E-state index contributed by atoms with van der Waals surface area (Å²) in [5, 5.41) is 3.42. The Bertz CT molecular complexity index is 464. The fourth-order valence-electron chi connectivity index (χ4n) is 3.40. The minimum absolute atomic E-state index is 0.352. The van der Waals surface area contributed by atoms with Crippen molar-refractivity contribution in [3.05, 3.63) is 35.1 Å². The van der Waals surface area contributed by atoms with Crippen LogP contribution in [0.15, 0.2) is 12.1 Å². The summed E-state index contributed by atoms with van der Waals surface area (Å²) in [5.74, 6) is -1.81. The van der Waals surface area contributed by atoms with Crippen molar-refractivity contribution in [2.45, 2.75) is 52.6 Å². The molecule has 118 valence electrons. The van der Waals surface area contributed by atoms with E-state index < -0.39 is 17.5 Å². The molecule has 4 heteroatoms. The highest BCUT2D eigenvalue weighted by atomic mass is 19.2. The Morgan fingerprint density at radius 1 is 1.14 bits per heavy atom. The molecule has 0 aromatic heterocycles. The van der Waals surface area contributed by atoms with Gasteiger partial charge >= 0.3 is 0 Å². The van der Waals surface area contributed by atoms with E-state index >= 15 is 0 Å². The molecule has 1 nitrogen and oxygen atoms in total. The van der Waals surface area contributed by atoms with Gasteiger partial charge in [0.15, 0.2) is 17.5 Å². The average Bonchev–Trinajstić information content (AvgIpc) is 2.42. The first-order chi connectivity index (χ1) is 9.88. The van der Waals surface area contributed by atoms with Crippen LogP contribution in [0.5, 0.6) is 0 Å². The third kappa shape index (κ3) is 4.00. The summed E-state index contributed by atoms with van der Waals surface area (Å²) in [5.41, 5.74) is 0.451. The summed E-state index contributed by atoms with van der Waals surface area (Å²) < 4.78 is 39.4. The normalized spacial score (nSPS) is 26.3. The van der Waals surface area contributed by atoms with Gasteiger partial charge in [0.1, 0.15) is 0 Å². The molecule has 0 heterocycles. The molecule has 0 bridgehead atoms. The molecule has 0 radical (unpaired) electrons. The lowest BCUT2D eigenvalue weighted by molar-refractivity contribution is 0.169. The second-order valence-electron chi connectivity index (χ2n) is 6.69. The van der Waals surface area contributed by atoms with Crippen molar-refractivity contribution in [2.24, 2.45) is 17.8 Å². The van der Waals surface area contributed by atoms with Gasteiger partial charge < -0.3 is 5.32 Å². The van der Waals surface area contributed by atoms with Crippen molar-refractivity contribution < 1.29 is 13.2 Å². The second kappa shape index (κ2) is 6.82. The Kier molecular flexibility index (Phi) is 5.31. The fraction of sp³-hybridized carbons (Fsp3) is 0.647. The number of hydrogen-bond acceptors (Lipinski definition) is 1. The van der Waals surface area contributed by atoms with Gasteiger partial charge in [-0.15, -0.1) is 0 Å². The molecule has 0 amide bonds. The number of halogens is 3. The third-order valence-corrected chi connectivity index (χ3v) is 4.63. The molecule has 1 aliphatic rings. The maximum Gasteiger partial charge on any atom is 0.194 e. The quantitative estimate of drug-likeness (QED) is 0.798. The Balaban J connectivity index is 2.03. The van der Waals surface area contributed by atoms with Crippen molar-refractivity contribution in [1.29, 1.82) is 0 Å². The highest BCUT2D eigenvalue weighted by molar-refractivity contribution is 5.19. The van der Waals surface area contributed by atoms with E-state index in [0.29, 0.717) is 35.9 Å². The van der Waals surface area contributed by atoms with E-state index in [9.17, 15) is 13.2 Å². The van der Waals surface area contributed by atoms with Crippen LogP contribution in [0, 0.1) is 35.2 Å². The van der Waals surface area contributed by atoms with Crippen molar-refractivity contribution >= 4 is 0 Å². The minimum Gasteiger partial charge on any atom is -0.310 e. The van der Waals surface area contributed by atoms with E-state index in [1.54, 1.807) is 0 Å². The van der Waals surface area contributed by atoms with Crippen molar-refractivity contribution in [1.82, 2.24) is 5.32 Å². The van der Waals surface area contributed by atoms with Gasteiger partial charge in [-0.3, -0.25) is 0 Å². The molecule has 0 spiro atoms. The first-order valence-corrected chi connectivity index (χ1v) is 7.75. The smallest absolute Gasteiger partial charge is 0.194 e. The van der Waals surface area contributed by atoms with E-state index in [1.807, 2.05) is 0 Å². The Hall–Kier alpha value is -1.03. The number of rotatable bonds is 4. The van der Waals surface area contributed by atoms with Gasteiger partial charge in [-0.2, -0.15) is 0 Å². The highest BCUT2D eigenvalue weighted by Crippen LogP contribution is 2.33. The average molecular weight is 299 g/mol. The molecule has 0 aliphatic heterocycles. The topological polar surface area (TPSA) is 12.0 Å². The van der Waals surface area contributed by atoms with Gasteiger partial charge in [-0.1, -0.05) is 27.2 Å². The van der Waals surface area contributed by atoms with Crippen LogP contribution < -0.4 is 5.32 Å². The summed E-state index contributed by atoms with van der Waals surface area (Å²) in [4.78, 5) is 0. The van der Waals surface area contributed by atoms with E-state index in [-0.39, 0.29) is 0 Å². The summed E-state index contributed by atoms with van der Waals surface area (Å²) in [7, 11) is 0. The first kappa shape index (κ1) is 16.3. The van der Waals surface area contributed by atoms with Crippen LogP contribution in [-0.4, -0.2) is 6.04 Å². The molecular weight excluding hydrogens is 275 g/mol. The monoisotopic (exact) mass is 299 g/mol. The molecule has 21 heavy (non-hydrogen) atoms. The maximum atomic E-state index is 13.2. The molecule has 1 aromatic carbocycles. The van der Waals surface area contributed by atoms with E-state index in [4.69, 9.17) is 0 Å². The summed E-state index contributed by atoms with van der Waals surface area (Å²) in [6.45, 7) is 7.04. The Morgan fingerprint density at radius 3 is 2.33 bits per heavy atom. The Morgan fingerprint density at radius 2 is 1.76 bits per heavy atom. The number of benzene rings is 1. The first-order valence-electron chi connectivity index (χ1n) is 7.75. The SMILES string of the molecule is CC1CCC(C(C)C)C(NCc2cc(F)c(F)c(F)c2)C1. The summed E-state index contributed by atoms with van der Waals surface area (Å²) in [6, 6.07) is 2.49. The van der Waals surface area contributed by atoms with Crippen molar-refractivity contribution in [3.8, 4) is 0 Å². The largest absolute Gasteiger partial charge is 0.310 e. The maximum absolute atomic E-state index is 13.2. The molecule has 0 saturated heterocycles. The van der Waals surface area contributed by atoms with E-state index in [1.165, 1.54) is 12.8 Å². The minimum atomic E-state index is -1.40. The molecule has 1 saturated carbocycles. The van der Waals surface area contributed by atoms with Crippen LogP contribution >= 0.6 is 0 Å². The molecular formula is C17H24F3N. The van der Waals surface area contributed by atoms with Crippen LogP contribution in [0.3, 0.4) is 0 Å². The molecule has 1 aliphatic carbocycles. The fourth-order valence-corrected chi connectivity index (χ4v) is 3.40. The van der Waals surface area contributed by atoms with Crippen LogP contribution in [0.4, 0.5) is 13.2 Å². The summed E-state index contributed by atoms with van der Waals surface area (Å²) >= 11 is 0. The Labute approximate surface area is 124 Å². The molecule has 3 unspecified atom stereocenters. The van der Waals surface area contributed by atoms with Gasteiger partial charge in [0.2, 0.25) is 0 Å². The van der Waals surface area contributed by atoms with Gasteiger partial charge in [-0.05, 0) is 48.3 Å². The highest BCUT2D eigenvalue weighted by Gasteiger charge is 2.30. The second-order valence-corrected chi connectivity index (χ2v) is 6.69. The number of hydrogen-bond donors (Lipinski definition) is 1. The van der Waals surface area contributed by atoms with Crippen LogP contribution in [-0.2, 0) is 6.54 Å². The third-order valence-electron chi connectivity index (χ3n) is 4.63. The standard InChI is InChI=1S/C17H24F3N/c1-10(2)13-5-4-11(3)6-16(13)21-9-12-7-14(18)17(20)15(19)8-12/h7-8,10-11,13,16,21H,4-6,9H2,1-3H3. The van der Waals surface area contributed by atoms with Gasteiger partial charge in [0.05, 0.1) is 0 Å². The zero-order chi connectivity index (χ0) is 15.6. The van der Waals surface area contributed by atoms with E-state index in [0.717, 1.165) is 18.6 Å². The van der Waals surface area contributed by atoms with Gasteiger partial charge in [0.25, 0.3) is 0 Å². The van der Waals surface area contributed by atoms with Crippen LogP contribution in [0.1, 0.15) is 45.6 Å². The van der Waals surface area contributed by atoms with Crippen LogP contribution in [0.25, 0.3) is 0 Å². The van der Waals surface area contributed by atoms with Crippen LogP contribution in [0.2, 0.25) is 0 Å². The lowest BCUT2D eigenvalue weighted by atomic mass is 9.74. The molecule has 1 N–H and O–H groups in total. The lowest BCUT2D eigenvalue weighted by Crippen LogP contribution is -2.42. The predicted octanol–water partition coefficient (Wildman–Crippen LogP) is 4.65. The predicted molar refractivity (Wildman–Crippen MR) is 78.3 cm³/mol. The van der Waals surface area contributed by atoms with Gasteiger partial charge in [0, 0.05) is 12.6 Å².